The molecule has 1 aromatic rings. The van der Waals surface area contributed by atoms with Gasteiger partial charge in [0.15, 0.2) is 0 Å². The van der Waals surface area contributed by atoms with E-state index in [0.717, 1.165) is 56.3 Å². The Morgan fingerprint density at radius 2 is 2.08 bits per heavy atom. The number of amides is 1. The highest BCUT2D eigenvalue weighted by Crippen LogP contribution is 2.34. The zero-order valence-electron chi connectivity index (χ0n) is 14.0. The first-order valence-corrected chi connectivity index (χ1v) is 9.13. The molecular weight excluding hydrogens is 396 g/mol. The molecule has 2 saturated heterocycles. The van der Waals surface area contributed by atoms with Crippen molar-refractivity contribution in [1.29, 1.82) is 0 Å². The Morgan fingerprint density at radius 1 is 1.42 bits per heavy atom. The molecule has 2 aliphatic rings. The van der Waals surface area contributed by atoms with E-state index in [-0.39, 0.29) is 23.7 Å². The summed E-state index contributed by atoms with van der Waals surface area (Å²) in [7, 11) is 1.69. The molecule has 0 aliphatic carbocycles. The van der Waals surface area contributed by atoms with Gasteiger partial charge in [0.05, 0.1) is 28.7 Å². The average molecular weight is 422 g/mol. The first-order chi connectivity index (χ1) is 11.1. The fraction of sp³-hybridized carbons (Fsp3) is 0.750. The van der Waals surface area contributed by atoms with Crippen LogP contribution in [0.2, 0.25) is 0 Å². The van der Waals surface area contributed by atoms with Crippen molar-refractivity contribution < 1.29 is 9.53 Å². The second-order valence-corrected chi connectivity index (χ2v) is 7.54. The lowest BCUT2D eigenvalue weighted by atomic mass is 9.78. The highest BCUT2D eigenvalue weighted by atomic mass is 79.9. The molecule has 0 aromatic carbocycles. The third kappa shape index (κ3) is 4.12. The molecule has 0 saturated carbocycles. The molecule has 1 aromatic heterocycles. The molecule has 2 aliphatic heterocycles. The van der Waals surface area contributed by atoms with Gasteiger partial charge in [0.1, 0.15) is 0 Å². The summed E-state index contributed by atoms with van der Waals surface area (Å²) in [6, 6.07) is 0.386. The van der Waals surface area contributed by atoms with E-state index in [2.05, 4.69) is 26.3 Å². The predicted molar refractivity (Wildman–Crippen MR) is 98.4 cm³/mol. The molecule has 136 valence electrons. The number of likely N-dealkylation sites (tertiary alicyclic amines) is 1. The number of aromatic nitrogens is 2. The first kappa shape index (κ1) is 19.7. The summed E-state index contributed by atoms with van der Waals surface area (Å²) >= 11 is 3.44. The molecule has 6 nitrogen and oxygen atoms in total. The van der Waals surface area contributed by atoms with Gasteiger partial charge in [-0.3, -0.25) is 9.48 Å². The zero-order valence-corrected chi connectivity index (χ0v) is 16.4. The number of nitrogens with zero attached hydrogens (tertiary/aromatic N) is 3. The van der Waals surface area contributed by atoms with Crippen LogP contribution in [-0.4, -0.2) is 60.5 Å². The Hall–Kier alpha value is -0.630. The Kier molecular flexibility index (Phi) is 7.10. The fourth-order valence-electron chi connectivity index (χ4n) is 3.79. The molecule has 1 N–H and O–H groups in total. The third-order valence-corrected chi connectivity index (χ3v) is 5.54. The van der Waals surface area contributed by atoms with Gasteiger partial charge in [-0.1, -0.05) is 0 Å². The normalized spacial score (nSPS) is 21.3. The number of halogens is 2. The van der Waals surface area contributed by atoms with Crippen molar-refractivity contribution >= 4 is 34.2 Å². The van der Waals surface area contributed by atoms with Gasteiger partial charge in [-0.15, -0.1) is 12.4 Å². The number of rotatable bonds is 4. The molecular formula is C16H26BrClN4O2. The first-order valence-electron chi connectivity index (χ1n) is 8.33. The molecule has 24 heavy (non-hydrogen) atoms. The van der Waals surface area contributed by atoms with Gasteiger partial charge in [0.2, 0.25) is 5.91 Å². The maximum Gasteiger partial charge on any atom is 0.231 e. The SMILES string of the molecule is COCC1(C(=O)N2CCC(n3cc(Br)cn3)CC2)CCNCC1.Cl. The summed E-state index contributed by atoms with van der Waals surface area (Å²) in [6.45, 7) is 3.93. The summed E-state index contributed by atoms with van der Waals surface area (Å²) < 4.78 is 8.41. The van der Waals surface area contributed by atoms with Crippen LogP contribution in [0.25, 0.3) is 0 Å². The lowest BCUT2D eigenvalue weighted by Gasteiger charge is -2.42. The Bertz CT molecular complexity index is 534. The number of nitrogens with one attached hydrogen (secondary N) is 1. The number of hydrogen-bond donors (Lipinski definition) is 1. The van der Waals surface area contributed by atoms with Crippen LogP contribution in [-0.2, 0) is 9.53 Å². The number of carbonyl (C=O) groups is 1. The van der Waals surface area contributed by atoms with E-state index in [0.29, 0.717) is 12.6 Å². The third-order valence-electron chi connectivity index (χ3n) is 5.13. The fourth-order valence-corrected chi connectivity index (χ4v) is 4.09. The number of carbonyl (C=O) groups excluding carboxylic acids is 1. The van der Waals surface area contributed by atoms with Crippen LogP contribution in [0, 0.1) is 5.41 Å². The molecule has 0 atom stereocenters. The molecule has 0 spiro atoms. The lowest BCUT2D eigenvalue weighted by molar-refractivity contribution is -0.149. The zero-order chi connectivity index (χ0) is 16.3. The van der Waals surface area contributed by atoms with Crippen LogP contribution in [0.15, 0.2) is 16.9 Å². The molecule has 3 heterocycles. The Balaban J connectivity index is 0.00000208. The van der Waals surface area contributed by atoms with E-state index in [1.165, 1.54) is 0 Å². The molecule has 3 rings (SSSR count). The average Bonchev–Trinajstić information content (AvgIpc) is 3.02. The predicted octanol–water partition coefficient (Wildman–Crippen LogP) is 2.25. The second-order valence-electron chi connectivity index (χ2n) is 6.63. The van der Waals surface area contributed by atoms with Gasteiger partial charge in [-0.2, -0.15) is 5.10 Å². The number of hydrogen-bond acceptors (Lipinski definition) is 4. The van der Waals surface area contributed by atoms with Gasteiger partial charge in [-0.25, -0.2) is 0 Å². The van der Waals surface area contributed by atoms with Crippen LogP contribution in [0.3, 0.4) is 0 Å². The largest absolute Gasteiger partial charge is 0.384 e. The minimum absolute atomic E-state index is 0. The molecule has 2 fully saturated rings. The summed E-state index contributed by atoms with van der Waals surface area (Å²) in [5, 5.41) is 7.72. The van der Waals surface area contributed by atoms with Gasteiger partial charge in [-0.05, 0) is 54.7 Å². The van der Waals surface area contributed by atoms with E-state index in [1.54, 1.807) is 7.11 Å². The number of ether oxygens (including phenoxy) is 1. The highest BCUT2D eigenvalue weighted by molar-refractivity contribution is 9.10. The van der Waals surface area contributed by atoms with Gasteiger partial charge >= 0.3 is 0 Å². The Labute approximate surface area is 157 Å². The van der Waals surface area contributed by atoms with Crippen LogP contribution in [0.1, 0.15) is 31.7 Å². The van der Waals surface area contributed by atoms with Crippen LogP contribution in [0.4, 0.5) is 0 Å². The Morgan fingerprint density at radius 3 is 2.62 bits per heavy atom. The van der Waals surface area contributed by atoms with Crippen molar-refractivity contribution in [2.45, 2.75) is 31.7 Å². The molecule has 0 bridgehead atoms. The van der Waals surface area contributed by atoms with E-state index in [1.807, 2.05) is 22.0 Å². The molecule has 8 heteroatoms. The van der Waals surface area contributed by atoms with Crippen molar-refractivity contribution in [2.75, 3.05) is 39.9 Å². The topological polar surface area (TPSA) is 59.4 Å². The molecule has 0 radical (unpaired) electrons. The summed E-state index contributed by atoms with van der Waals surface area (Å²) in [5.41, 5.74) is -0.332. The number of piperidine rings is 2. The second kappa shape index (κ2) is 8.65. The summed E-state index contributed by atoms with van der Waals surface area (Å²) in [5.74, 6) is 0.279. The lowest BCUT2D eigenvalue weighted by Crippen LogP contribution is -2.53. The summed E-state index contributed by atoms with van der Waals surface area (Å²) in [6.07, 6.45) is 7.49. The van der Waals surface area contributed by atoms with Gasteiger partial charge < -0.3 is 15.0 Å². The van der Waals surface area contributed by atoms with E-state index in [9.17, 15) is 4.79 Å². The van der Waals surface area contributed by atoms with Crippen molar-refractivity contribution in [1.82, 2.24) is 20.0 Å². The van der Waals surface area contributed by atoms with Crippen LogP contribution < -0.4 is 5.32 Å². The van der Waals surface area contributed by atoms with Crippen molar-refractivity contribution in [3.8, 4) is 0 Å². The standard InChI is InChI=1S/C16H25BrN4O2.ClH/c1-23-12-16(4-6-18-7-5-16)15(22)20-8-2-14(3-9-20)21-11-13(17)10-19-21;/h10-11,14,18H,2-9,12H2,1H3;1H. The maximum atomic E-state index is 13.1. The van der Waals surface area contributed by atoms with Crippen molar-refractivity contribution in [3.63, 3.8) is 0 Å². The van der Waals surface area contributed by atoms with Gasteiger partial charge in [0, 0.05) is 26.4 Å². The maximum absolute atomic E-state index is 13.1. The molecule has 1 amide bonds. The van der Waals surface area contributed by atoms with Crippen LogP contribution >= 0.6 is 28.3 Å². The van der Waals surface area contributed by atoms with E-state index < -0.39 is 0 Å². The number of methoxy groups -OCH3 is 1. The summed E-state index contributed by atoms with van der Waals surface area (Å²) in [4.78, 5) is 15.1. The van der Waals surface area contributed by atoms with Gasteiger partial charge in [0.25, 0.3) is 0 Å². The molecule has 0 unspecified atom stereocenters. The van der Waals surface area contributed by atoms with Crippen LogP contribution in [0.5, 0.6) is 0 Å². The smallest absolute Gasteiger partial charge is 0.231 e. The van der Waals surface area contributed by atoms with E-state index in [4.69, 9.17) is 4.74 Å². The monoisotopic (exact) mass is 420 g/mol. The van der Waals surface area contributed by atoms with E-state index >= 15 is 0 Å². The quantitative estimate of drug-likeness (QED) is 0.810. The minimum atomic E-state index is -0.332. The minimum Gasteiger partial charge on any atom is -0.384 e. The van der Waals surface area contributed by atoms with Crippen molar-refractivity contribution in [3.05, 3.63) is 16.9 Å². The van der Waals surface area contributed by atoms with Crippen molar-refractivity contribution in [2.24, 2.45) is 5.41 Å². The highest BCUT2D eigenvalue weighted by Gasteiger charge is 2.43.